The third kappa shape index (κ3) is 4.01. The first-order valence-corrected chi connectivity index (χ1v) is 7.33. The maximum atomic E-state index is 12.0. The van der Waals surface area contributed by atoms with Crippen LogP contribution in [0.2, 0.25) is 0 Å². The maximum Gasteiger partial charge on any atom is 0.315 e. The predicted octanol–water partition coefficient (Wildman–Crippen LogP) is 3.56. The van der Waals surface area contributed by atoms with Crippen molar-refractivity contribution in [1.29, 1.82) is 0 Å². The molecule has 116 valence electrons. The Labute approximate surface area is 131 Å². The number of ether oxygens (including phenoxy) is 1. The fraction of sp³-hybridized carbons (Fsp3) is 0.278. The highest BCUT2D eigenvalue weighted by Gasteiger charge is 2.11. The summed E-state index contributed by atoms with van der Waals surface area (Å²) in [5.74, 6) is 0.773. The lowest BCUT2D eigenvalue weighted by molar-refractivity contribution is 0.237. The zero-order valence-corrected chi connectivity index (χ0v) is 13.2. The molecule has 0 aromatic heterocycles. The highest BCUT2D eigenvalue weighted by Crippen LogP contribution is 2.18. The van der Waals surface area contributed by atoms with Crippen molar-refractivity contribution in [2.75, 3.05) is 7.11 Å². The first-order chi connectivity index (χ1) is 10.6. The summed E-state index contributed by atoms with van der Waals surface area (Å²) in [6, 6.07) is 15.5. The monoisotopic (exact) mass is 298 g/mol. The van der Waals surface area contributed by atoms with E-state index >= 15 is 0 Å². The van der Waals surface area contributed by atoms with Crippen molar-refractivity contribution >= 4 is 6.03 Å². The Hall–Kier alpha value is -2.49. The predicted molar refractivity (Wildman–Crippen MR) is 88.0 cm³/mol. The van der Waals surface area contributed by atoms with Crippen molar-refractivity contribution in [3.05, 3.63) is 65.2 Å². The van der Waals surface area contributed by atoms with E-state index in [2.05, 4.69) is 10.6 Å². The molecule has 4 nitrogen and oxygen atoms in total. The highest BCUT2D eigenvalue weighted by molar-refractivity contribution is 5.74. The Morgan fingerprint density at radius 2 is 1.82 bits per heavy atom. The summed E-state index contributed by atoms with van der Waals surface area (Å²) < 4.78 is 5.27. The average Bonchev–Trinajstić information content (AvgIpc) is 2.53. The summed E-state index contributed by atoms with van der Waals surface area (Å²) in [7, 11) is 1.62. The van der Waals surface area contributed by atoms with Crippen molar-refractivity contribution in [2.45, 2.75) is 26.4 Å². The van der Waals surface area contributed by atoms with Gasteiger partial charge in [-0.1, -0.05) is 42.5 Å². The minimum absolute atomic E-state index is 0.0427. The molecule has 0 saturated heterocycles. The van der Waals surface area contributed by atoms with E-state index in [0.29, 0.717) is 6.54 Å². The number of para-hydroxylation sites is 1. The van der Waals surface area contributed by atoms with Crippen LogP contribution in [0.3, 0.4) is 0 Å². The Bertz CT molecular complexity index is 640. The molecule has 0 unspecified atom stereocenters. The SMILES string of the molecule is COc1ccccc1CNC(=O)N[C@H](C)c1ccccc1C. The molecule has 2 amide bonds. The summed E-state index contributed by atoms with van der Waals surface area (Å²) in [5.41, 5.74) is 3.23. The number of carbonyl (C=O) groups excluding carboxylic acids is 1. The lowest BCUT2D eigenvalue weighted by Crippen LogP contribution is -2.36. The molecule has 2 aromatic rings. The van der Waals surface area contributed by atoms with Gasteiger partial charge in [-0.25, -0.2) is 4.79 Å². The van der Waals surface area contributed by atoms with E-state index in [-0.39, 0.29) is 12.1 Å². The summed E-state index contributed by atoms with van der Waals surface area (Å²) in [5, 5.41) is 5.82. The first kappa shape index (κ1) is 15.9. The number of benzene rings is 2. The van der Waals surface area contributed by atoms with Crippen LogP contribution >= 0.6 is 0 Å². The lowest BCUT2D eigenvalue weighted by Gasteiger charge is -2.17. The van der Waals surface area contributed by atoms with Crippen LogP contribution < -0.4 is 15.4 Å². The zero-order chi connectivity index (χ0) is 15.9. The largest absolute Gasteiger partial charge is 0.496 e. The van der Waals surface area contributed by atoms with Gasteiger partial charge in [0, 0.05) is 12.1 Å². The number of carbonyl (C=O) groups is 1. The Balaban J connectivity index is 1.92. The molecule has 0 aliphatic carbocycles. The molecule has 0 radical (unpaired) electrons. The molecule has 0 heterocycles. The normalized spacial score (nSPS) is 11.6. The Kier molecular flexibility index (Phi) is 5.42. The number of hydrogen-bond donors (Lipinski definition) is 2. The molecule has 2 N–H and O–H groups in total. The number of urea groups is 1. The third-order valence-corrected chi connectivity index (χ3v) is 3.63. The molecule has 1 atom stereocenters. The Morgan fingerprint density at radius 1 is 1.14 bits per heavy atom. The third-order valence-electron chi connectivity index (χ3n) is 3.63. The second-order valence-electron chi connectivity index (χ2n) is 5.22. The quantitative estimate of drug-likeness (QED) is 0.886. The number of nitrogens with one attached hydrogen (secondary N) is 2. The van der Waals surface area contributed by atoms with Crippen LogP contribution in [-0.2, 0) is 6.54 Å². The van der Waals surface area contributed by atoms with Crippen LogP contribution in [0.5, 0.6) is 5.75 Å². The number of rotatable bonds is 5. The van der Waals surface area contributed by atoms with Crippen molar-refractivity contribution < 1.29 is 9.53 Å². The van der Waals surface area contributed by atoms with Crippen LogP contribution in [0, 0.1) is 6.92 Å². The van der Waals surface area contributed by atoms with E-state index in [1.54, 1.807) is 7.11 Å². The molecule has 0 saturated carbocycles. The second kappa shape index (κ2) is 7.50. The molecule has 2 aromatic carbocycles. The molecular formula is C18H22N2O2. The van der Waals surface area contributed by atoms with Crippen LogP contribution in [0.4, 0.5) is 4.79 Å². The van der Waals surface area contributed by atoms with Gasteiger partial charge in [0.05, 0.1) is 13.2 Å². The van der Waals surface area contributed by atoms with Crippen molar-refractivity contribution in [1.82, 2.24) is 10.6 Å². The number of hydrogen-bond acceptors (Lipinski definition) is 2. The van der Waals surface area contributed by atoms with Gasteiger partial charge in [-0.15, -0.1) is 0 Å². The smallest absolute Gasteiger partial charge is 0.315 e. The van der Waals surface area contributed by atoms with Gasteiger partial charge in [0.15, 0.2) is 0 Å². The van der Waals surface area contributed by atoms with Crippen LogP contribution in [0.1, 0.15) is 29.7 Å². The fourth-order valence-corrected chi connectivity index (χ4v) is 2.42. The zero-order valence-electron chi connectivity index (χ0n) is 13.2. The first-order valence-electron chi connectivity index (χ1n) is 7.33. The Morgan fingerprint density at radius 3 is 2.55 bits per heavy atom. The number of amides is 2. The van der Waals surface area contributed by atoms with E-state index in [9.17, 15) is 4.79 Å². The minimum atomic E-state index is -0.193. The summed E-state index contributed by atoms with van der Waals surface area (Å²) in [4.78, 5) is 12.0. The molecular weight excluding hydrogens is 276 g/mol. The molecule has 0 spiro atoms. The molecule has 2 rings (SSSR count). The molecule has 0 aliphatic heterocycles. The van der Waals surface area contributed by atoms with E-state index in [4.69, 9.17) is 4.74 Å². The van der Waals surface area contributed by atoms with Crippen LogP contribution in [-0.4, -0.2) is 13.1 Å². The topological polar surface area (TPSA) is 50.4 Å². The van der Waals surface area contributed by atoms with Gasteiger partial charge < -0.3 is 15.4 Å². The van der Waals surface area contributed by atoms with E-state index in [0.717, 1.165) is 16.9 Å². The minimum Gasteiger partial charge on any atom is -0.496 e. The molecule has 0 bridgehead atoms. The van der Waals surface area contributed by atoms with Gasteiger partial charge in [-0.3, -0.25) is 0 Å². The molecule has 22 heavy (non-hydrogen) atoms. The fourth-order valence-electron chi connectivity index (χ4n) is 2.42. The van der Waals surface area contributed by atoms with Crippen molar-refractivity contribution in [3.8, 4) is 5.75 Å². The molecule has 0 aliphatic rings. The van der Waals surface area contributed by atoms with Crippen molar-refractivity contribution in [2.24, 2.45) is 0 Å². The van der Waals surface area contributed by atoms with Gasteiger partial charge in [0.2, 0.25) is 0 Å². The number of aryl methyl sites for hydroxylation is 1. The highest BCUT2D eigenvalue weighted by atomic mass is 16.5. The standard InChI is InChI=1S/C18H22N2O2/c1-13-8-4-6-10-16(13)14(2)20-18(21)19-12-15-9-5-7-11-17(15)22-3/h4-11,14H,12H2,1-3H3,(H2,19,20,21)/t14-/m1/s1. The van der Waals surface area contributed by atoms with Gasteiger partial charge in [-0.2, -0.15) is 0 Å². The van der Waals surface area contributed by atoms with Crippen LogP contribution in [0.15, 0.2) is 48.5 Å². The lowest BCUT2D eigenvalue weighted by atomic mass is 10.0. The molecule has 4 heteroatoms. The summed E-state index contributed by atoms with van der Waals surface area (Å²) >= 11 is 0. The van der Waals surface area contributed by atoms with Gasteiger partial charge in [-0.05, 0) is 31.0 Å². The van der Waals surface area contributed by atoms with E-state index in [1.807, 2.05) is 62.4 Å². The van der Waals surface area contributed by atoms with Crippen LogP contribution in [0.25, 0.3) is 0 Å². The molecule has 0 fully saturated rings. The van der Waals surface area contributed by atoms with E-state index < -0.39 is 0 Å². The summed E-state index contributed by atoms with van der Waals surface area (Å²) in [6.07, 6.45) is 0. The maximum absolute atomic E-state index is 12.0. The number of methoxy groups -OCH3 is 1. The van der Waals surface area contributed by atoms with Gasteiger partial charge in [0.25, 0.3) is 0 Å². The second-order valence-corrected chi connectivity index (χ2v) is 5.22. The van der Waals surface area contributed by atoms with Gasteiger partial charge >= 0.3 is 6.03 Å². The van der Waals surface area contributed by atoms with E-state index in [1.165, 1.54) is 5.56 Å². The summed E-state index contributed by atoms with van der Waals surface area (Å²) in [6.45, 7) is 4.45. The van der Waals surface area contributed by atoms with Crippen molar-refractivity contribution in [3.63, 3.8) is 0 Å². The average molecular weight is 298 g/mol. The van der Waals surface area contributed by atoms with Gasteiger partial charge in [0.1, 0.15) is 5.75 Å².